The van der Waals surface area contributed by atoms with Crippen LogP contribution in [0.5, 0.6) is 0 Å². The molecule has 1 fully saturated rings. The number of piperidine rings is 1. The Balaban J connectivity index is 1.94. The summed E-state index contributed by atoms with van der Waals surface area (Å²) in [6.07, 6.45) is 0.839. The first-order chi connectivity index (χ1) is 11.7. The molecule has 1 atom stereocenters. The van der Waals surface area contributed by atoms with Crippen molar-refractivity contribution in [1.82, 2.24) is 9.47 Å². The van der Waals surface area contributed by atoms with Crippen LogP contribution < -0.4 is 5.73 Å². The highest BCUT2D eigenvalue weighted by atomic mass is 35.5. The Morgan fingerprint density at radius 3 is 2.64 bits per heavy atom. The third-order valence-electron chi connectivity index (χ3n) is 5.33. The first kappa shape index (κ1) is 18.0. The van der Waals surface area contributed by atoms with Gasteiger partial charge in [0, 0.05) is 41.2 Å². The zero-order chi connectivity index (χ0) is 18.4. The number of rotatable bonds is 2. The van der Waals surface area contributed by atoms with Gasteiger partial charge < -0.3 is 15.2 Å². The molecule has 0 spiro atoms. The number of nitrogens with zero attached hydrogens (tertiary/aromatic N) is 2. The normalized spacial score (nSPS) is 19.9. The smallest absolute Gasteiger partial charge is 0.255 e. The van der Waals surface area contributed by atoms with Gasteiger partial charge in [-0.1, -0.05) is 31.5 Å². The van der Waals surface area contributed by atoms with E-state index in [-0.39, 0.29) is 17.4 Å². The molecule has 0 saturated carbocycles. The quantitative estimate of drug-likeness (QED) is 0.882. The molecule has 25 heavy (non-hydrogen) atoms. The summed E-state index contributed by atoms with van der Waals surface area (Å²) in [5.74, 6) is 0.0846. The van der Waals surface area contributed by atoms with Gasteiger partial charge in [0.15, 0.2) is 0 Å². The van der Waals surface area contributed by atoms with Gasteiger partial charge >= 0.3 is 0 Å². The lowest BCUT2D eigenvalue weighted by Gasteiger charge is -2.42. The fourth-order valence-corrected chi connectivity index (χ4v) is 3.89. The van der Waals surface area contributed by atoms with Crippen molar-refractivity contribution in [2.75, 3.05) is 13.1 Å². The van der Waals surface area contributed by atoms with E-state index < -0.39 is 0 Å². The maximum absolute atomic E-state index is 13.1. The van der Waals surface area contributed by atoms with Crippen LogP contribution in [0.1, 0.15) is 42.0 Å². The summed E-state index contributed by atoms with van der Waals surface area (Å²) in [7, 11) is 0. The van der Waals surface area contributed by atoms with Crippen molar-refractivity contribution >= 4 is 17.5 Å². The summed E-state index contributed by atoms with van der Waals surface area (Å²) >= 11 is 6.14. The Labute approximate surface area is 154 Å². The van der Waals surface area contributed by atoms with E-state index in [2.05, 4.69) is 18.4 Å². The van der Waals surface area contributed by atoms with E-state index in [4.69, 9.17) is 17.3 Å². The van der Waals surface area contributed by atoms with E-state index in [1.54, 1.807) is 0 Å². The number of nitrogens with two attached hydrogens (primary N) is 1. The van der Waals surface area contributed by atoms with Crippen LogP contribution in [-0.4, -0.2) is 34.5 Å². The minimum absolute atomic E-state index is 0.0631. The van der Waals surface area contributed by atoms with Crippen LogP contribution >= 0.6 is 11.6 Å². The maximum atomic E-state index is 13.1. The molecule has 3 rings (SSSR count). The van der Waals surface area contributed by atoms with Gasteiger partial charge in [-0.3, -0.25) is 4.79 Å². The standard InChI is InChI=1S/C20H26ClN3O/c1-13-10-17(14(2)24(13)16-7-5-6-15(21)11-16)19(25)23-9-8-18(22)20(3,4)12-23/h5-7,10-11,18H,8-9,12,22H2,1-4H3. The Morgan fingerprint density at radius 2 is 2.00 bits per heavy atom. The van der Waals surface area contributed by atoms with Crippen molar-refractivity contribution in [3.63, 3.8) is 0 Å². The molecule has 1 unspecified atom stereocenters. The highest BCUT2D eigenvalue weighted by molar-refractivity contribution is 6.30. The van der Waals surface area contributed by atoms with Gasteiger partial charge in [0.2, 0.25) is 0 Å². The number of likely N-dealkylation sites (tertiary alicyclic amines) is 1. The first-order valence-corrected chi connectivity index (χ1v) is 9.08. The number of carbonyl (C=O) groups excluding carboxylic acids is 1. The minimum atomic E-state index is -0.0631. The molecule has 1 amide bonds. The molecule has 2 N–H and O–H groups in total. The minimum Gasteiger partial charge on any atom is -0.338 e. The van der Waals surface area contributed by atoms with Gasteiger partial charge in [-0.05, 0) is 49.9 Å². The van der Waals surface area contributed by atoms with Crippen molar-refractivity contribution in [3.8, 4) is 5.69 Å². The van der Waals surface area contributed by atoms with Crippen LogP contribution in [0, 0.1) is 19.3 Å². The van der Waals surface area contributed by atoms with Gasteiger partial charge in [-0.2, -0.15) is 0 Å². The molecular weight excluding hydrogens is 334 g/mol. The third kappa shape index (κ3) is 3.33. The predicted octanol–water partition coefficient (Wildman–Crippen LogP) is 3.95. The lowest BCUT2D eigenvalue weighted by atomic mass is 9.79. The average molecular weight is 360 g/mol. The van der Waals surface area contributed by atoms with Crippen LogP contribution in [-0.2, 0) is 0 Å². The van der Waals surface area contributed by atoms with Crippen molar-refractivity contribution < 1.29 is 4.79 Å². The summed E-state index contributed by atoms with van der Waals surface area (Å²) in [4.78, 5) is 15.1. The molecular formula is C20H26ClN3O. The molecule has 1 aliphatic heterocycles. The Hall–Kier alpha value is -1.78. The number of amides is 1. The molecule has 0 radical (unpaired) electrons. The topological polar surface area (TPSA) is 51.3 Å². The van der Waals surface area contributed by atoms with Crippen molar-refractivity contribution in [3.05, 3.63) is 52.3 Å². The predicted molar refractivity (Wildman–Crippen MR) is 103 cm³/mol. The SMILES string of the molecule is Cc1cc(C(=O)N2CCC(N)C(C)(C)C2)c(C)n1-c1cccc(Cl)c1. The Bertz CT molecular complexity index is 809. The van der Waals surface area contributed by atoms with E-state index >= 15 is 0 Å². The van der Waals surface area contributed by atoms with Crippen LogP contribution in [0.25, 0.3) is 5.69 Å². The lowest BCUT2D eigenvalue weighted by molar-refractivity contribution is 0.0532. The molecule has 0 bridgehead atoms. The number of aromatic nitrogens is 1. The van der Waals surface area contributed by atoms with Crippen molar-refractivity contribution in [2.45, 2.75) is 40.2 Å². The monoisotopic (exact) mass is 359 g/mol. The van der Waals surface area contributed by atoms with Gasteiger partial charge in [0.05, 0.1) is 5.56 Å². The Kier molecular flexibility index (Phi) is 4.69. The molecule has 1 aromatic heterocycles. The average Bonchev–Trinajstić information content (AvgIpc) is 2.84. The fraction of sp³-hybridized carbons (Fsp3) is 0.450. The number of halogens is 1. The number of aryl methyl sites for hydroxylation is 1. The summed E-state index contributed by atoms with van der Waals surface area (Å²) in [6, 6.07) is 9.80. The van der Waals surface area contributed by atoms with E-state index in [9.17, 15) is 4.79 Å². The second-order valence-corrected chi connectivity index (χ2v) is 8.15. The van der Waals surface area contributed by atoms with Crippen LogP contribution in [0.2, 0.25) is 5.02 Å². The zero-order valence-electron chi connectivity index (χ0n) is 15.3. The largest absolute Gasteiger partial charge is 0.338 e. The number of hydrogen-bond acceptors (Lipinski definition) is 2. The van der Waals surface area contributed by atoms with E-state index in [0.717, 1.165) is 29.1 Å². The second-order valence-electron chi connectivity index (χ2n) is 7.71. The molecule has 134 valence electrons. The summed E-state index contributed by atoms with van der Waals surface area (Å²) in [6.45, 7) is 9.67. The van der Waals surface area contributed by atoms with Crippen molar-refractivity contribution in [2.24, 2.45) is 11.1 Å². The van der Waals surface area contributed by atoms with Crippen LogP contribution in [0.15, 0.2) is 30.3 Å². The molecule has 1 saturated heterocycles. The molecule has 0 aliphatic carbocycles. The molecule has 2 heterocycles. The van der Waals surface area contributed by atoms with E-state index in [1.807, 2.05) is 49.1 Å². The van der Waals surface area contributed by atoms with Gasteiger partial charge in [-0.15, -0.1) is 0 Å². The van der Waals surface area contributed by atoms with Crippen molar-refractivity contribution in [1.29, 1.82) is 0 Å². The third-order valence-corrected chi connectivity index (χ3v) is 5.56. The van der Waals surface area contributed by atoms with E-state index in [1.165, 1.54) is 0 Å². The summed E-state index contributed by atoms with van der Waals surface area (Å²) in [5.41, 5.74) is 9.84. The van der Waals surface area contributed by atoms with Gasteiger partial charge in [0.1, 0.15) is 0 Å². The molecule has 4 nitrogen and oxygen atoms in total. The Morgan fingerprint density at radius 1 is 1.28 bits per heavy atom. The molecule has 5 heteroatoms. The number of hydrogen-bond donors (Lipinski definition) is 1. The second kappa shape index (κ2) is 6.50. The van der Waals surface area contributed by atoms with Gasteiger partial charge in [-0.25, -0.2) is 0 Å². The zero-order valence-corrected chi connectivity index (χ0v) is 16.1. The molecule has 2 aromatic rings. The van der Waals surface area contributed by atoms with Crippen LogP contribution in [0.3, 0.4) is 0 Å². The lowest BCUT2D eigenvalue weighted by Crippen LogP contribution is -2.54. The fourth-order valence-electron chi connectivity index (χ4n) is 3.71. The maximum Gasteiger partial charge on any atom is 0.255 e. The van der Waals surface area contributed by atoms with Crippen LogP contribution in [0.4, 0.5) is 0 Å². The first-order valence-electron chi connectivity index (χ1n) is 8.70. The molecule has 1 aromatic carbocycles. The summed E-state index contributed by atoms with van der Waals surface area (Å²) in [5, 5.41) is 0.685. The number of benzene rings is 1. The van der Waals surface area contributed by atoms with Gasteiger partial charge in [0.25, 0.3) is 5.91 Å². The summed E-state index contributed by atoms with van der Waals surface area (Å²) < 4.78 is 2.08. The highest BCUT2D eigenvalue weighted by Gasteiger charge is 2.36. The highest BCUT2D eigenvalue weighted by Crippen LogP contribution is 2.30. The molecule has 1 aliphatic rings. The number of carbonyl (C=O) groups is 1. The van der Waals surface area contributed by atoms with E-state index in [0.29, 0.717) is 18.1 Å².